The van der Waals surface area contributed by atoms with E-state index >= 15 is 0 Å². The van der Waals surface area contributed by atoms with E-state index in [-0.39, 0.29) is 17.9 Å². The molecule has 0 heterocycles. The molecule has 0 saturated heterocycles. The van der Waals surface area contributed by atoms with Crippen molar-refractivity contribution in [3.8, 4) is 0 Å². The lowest BCUT2D eigenvalue weighted by molar-refractivity contribution is -0.159. The molecule has 1 aromatic rings. The van der Waals surface area contributed by atoms with Gasteiger partial charge in [0.2, 0.25) is 0 Å². The SMILES string of the molecule is COC(=O)c1ccc(CC(C)C(=O)OC(C)(C)C)cc1. The molecule has 0 amide bonds. The van der Waals surface area contributed by atoms with E-state index in [4.69, 9.17) is 4.74 Å². The normalized spacial score (nSPS) is 12.7. The number of methoxy groups -OCH3 is 1. The van der Waals surface area contributed by atoms with Crippen LogP contribution in [0.3, 0.4) is 0 Å². The summed E-state index contributed by atoms with van der Waals surface area (Å²) in [5, 5.41) is 0. The second-order valence-electron chi connectivity index (χ2n) is 5.83. The van der Waals surface area contributed by atoms with Crippen LogP contribution in [0.25, 0.3) is 0 Å². The van der Waals surface area contributed by atoms with Gasteiger partial charge in [-0.25, -0.2) is 4.79 Å². The van der Waals surface area contributed by atoms with E-state index in [0.29, 0.717) is 12.0 Å². The molecule has 1 rings (SSSR count). The summed E-state index contributed by atoms with van der Waals surface area (Å²) in [4.78, 5) is 23.2. The van der Waals surface area contributed by atoms with Crippen molar-refractivity contribution in [2.45, 2.75) is 39.7 Å². The molecule has 1 unspecified atom stereocenters. The van der Waals surface area contributed by atoms with Crippen molar-refractivity contribution in [2.75, 3.05) is 7.11 Å². The highest BCUT2D eigenvalue weighted by molar-refractivity contribution is 5.89. The Morgan fingerprint density at radius 3 is 2.15 bits per heavy atom. The van der Waals surface area contributed by atoms with Crippen molar-refractivity contribution >= 4 is 11.9 Å². The highest BCUT2D eigenvalue weighted by atomic mass is 16.6. The van der Waals surface area contributed by atoms with E-state index in [1.165, 1.54) is 7.11 Å². The van der Waals surface area contributed by atoms with Gasteiger partial charge in [0, 0.05) is 0 Å². The lowest BCUT2D eigenvalue weighted by Crippen LogP contribution is -2.28. The number of carbonyl (C=O) groups excluding carboxylic acids is 2. The first kappa shape index (κ1) is 16.2. The Bertz CT molecular complexity index is 468. The van der Waals surface area contributed by atoms with Crippen LogP contribution in [-0.2, 0) is 20.7 Å². The molecule has 4 heteroatoms. The van der Waals surface area contributed by atoms with Gasteiger partial charge < -0.3 is 9.47 Å². The predicted molar refractivity (Wildman–Crippen MR) is 76.5 cm³/mol. The van der Waals surface area contributed by atoms with Crippen LogP contribution in [0, 0.1) is 5.92 Å². The summed E-state index contributed by atoms with van der Waals surface area (Å²) in [5.74, 6) is -0.801. The van der Waals surface area contributed by atoms with Gasteiger partial charge in [-0.3, -0.25) is 4.79 Å². The Labute approximate surface area is 120 Å². The lowest BCUT2D eigenvalue weighted by Gasteiger charge is -2.22. The molecule has 110 valence electrons. The van der Waals surface area contributed by atoms with Crippen molar-refractivity contribution in [2.24, 2.45) is 5.92 Å². The molecule has 0 aliphatic heterocycles. The fourth-order valence-electron chi connectivity index (χ4n) is 1.73. The summed E-state index contributed by atoms with van der Waals surface area (Å²) < 4.78 is 9.98. The molecular weight excluding hydrogens is 256 g/mol. The van der Waals surface area contributed by atoms with Gasteiger partial charge in [0.1, 0.15) is 5.60 Å². The standard InChI is InChI=1S/C16H22O4/c1-11(14(17)20-16(2,3)4)10-12-6-8-13(9-7-12)15(18)19-5/h6-9,11H,10H2,1-5H3. The summed E-state index contributed by atoms with van der Waals surface area (Å²) >= 11 is 0. The van der Waals surface area contributed by atoms with E-state index in [1.807, 2.05) is 39.8 Å². The van der Waals surface area contributed by atoms with Crippen LogP contribution in [0.15, 0.2) is 24.3 Å². The van der Waals surface area contributed by atoms with Crippen molar-refractivity contribution in [1.82, 2.24) is 0 Å². The topological polar surface area (TPSA) is 52.6 Å². The molecule has 0 aliphatic carbocycles. The van der Waals surface area contributed by atoms with E-state index in [0.717, 1.165) is 5.56 Å². The summed E-state index contributed by atoms with van der Waals surface area (Å²) in [6.45, 7) is 7.39. The zero-order valence-corrected chi connectivity index (χ0v) is 12.7. The predicted octanol–water partition coefficient (Wildman–Crippen LogP) is 2.99. The third-order valence-corrected chi connectivity index (χ3v) is 2.73. The molecule has 20 heavy (non-hydrogen) atoms. The Morgan fingerprint density at radius 1 is 1.15 bits per heavy atom. The molecule has 0 saturated carbocycles. The Hall–Kier alpha value is -1.84. The Kier molecular flexibility index (Phi) is 5.31. The molecule has 4 nitrogen and oxygen atoms in total. The second-order valence-corrected chi connectivity index (χ2v) is 5.83. The number of carbonyl (C=O) groups is 2. The van der Waals surface area contributed by atoms with Crippen LogP contribution in [0.1, 0.15) is 43.6 Å². The minimum Gasteiger partial charge on any atom is -0.465 e. The number of benzene rings is 1. The number of ether oxygens (including phenoxy) is 2. The first-order valence-corrected chi connectivity index (χ1v) is 6.63. The van der Waals surface area contributed by atoms with Crippen LogP contribution in [0.4, 0.5) is 0 Å². The van der Waals surface area contributed by atoms with Gasteiger partial charge in [-0.05, 0) is 44.9 Å². The quantitative estimate of drug-likeness (QED) is 0.794. The molecule has 1 aromatic carbocycles. The average Bonchev–Trinajstić information content (AvgIpc) is 2.36. The highest BCUT2D eigenvalue weighted by Gasteiger charge is 2.21. The molecule has 0 fully saturated rings. The number of hydrogen-bond donors (Lipinski definition) is 0. The molecule has 0 bridgehead atoms. The van der Waals surface area contributed by atoms with Crippen LogP contribution in [0.5, 0.6) is 0 Å². The van der Waals surface area contributed by atoms with E-state index < -0.39 is 5.60 Å². The minimum absolute atomic E-state index is 0.213. The van der Waals surface area contributed by atoms with E-state index in [1.54, 1.807) is 12.1 Å². The second kappa shape index (κ2) is 6.55. The molecular formula is C16H22O4. The van der Waals surface area contributed by atoms with Crippen LogP contribution < -0.4 is 0 Å². The molecule has 0 spiro atoms. The zero-order valence-electron chi connectivity index (χ0n) is 12.7. The van der Waals surface area contributed by atoms with Gasteiger partial charge in [-0.1, -0.05) is 19.1 Å². The van der Waals surface area contributed by atoms with Crippen LogP contribution >= 0.6 is 0 Å². The fraction of sp³-hybridized carbons (Fsp3) is 0.500. The van der Waals surface area contributed by atoms with Gasteiger partial charge in [0.05, 0.1) is 18.6 Å². The maximum absolute atomic E-state index is 11.9. The Balaban J connectivity index is 2.64. The first-order valence-electron chi connectivity index (χ1n) is 6.63. The number of hydrogen-bond acceptors (Lipinski definition) is 4. The fourth-order valence-corrected chi connectivity index (χ4v) is 1.73. The monoisotopic (exact) mass is 278 g/mol. The average molecular weight is 278 g/mol. The molecule has 0 N–H and O–H groups in total. The first-order chi connectivity index (χ1) is 9.23. The maximum atomic E-state index is 11.9. The minimum atomic E-state index is -0.472. The maximum Gasteiger partial charge on any atom is 0.337 e. The lowest BCUT2D eigenvalue weighted by atomic mass is 10.00. The van der Waals surface area contributed by atoms with Crippen LogP contribution in [-0.4, -0.2) is 24.6 Å². The number of esters is 2. The Morgan fingerprint density at radius 2 is 1.70 bits per heavy atom. The van der Waals surface area contributed by atoms with Gasteiger partial charge in [0.15, 0.2) is 0 Å². The summed E-state index contributed by atoms with van der Waals surface area (Å²) in [5.41, 5.74) is 1.01. The van der Waals surface area contributed by atoms with Gasteiger partial charge >= 0.3 is 11.9 Å². The molecule has 0 aromatic heterocycles. The van der Waals surface area contributed by atoms with Crippen LogP contribution in [0.2, 0.25) is 0 Å². The summed E-state index contributed by atoms with van der Waals surface area (Å²) in [6, 6.07) is 7.05. The van der Waals surface area contributed by atoms with Crippen molar-refractivity contribution in [3.05, 3.63) is 35.4 Å². The van der Waals surface area contributed by atoms with E-state index in [2.05, 4.69) is 4.74 Å². The molecule has 0 radical (unpaired) electrons. The van der Waals surface area contributed by atoms with Gasteiger partial charge in [-0.2, -0.15) is 0 Å². The smallest absolute Gasteiger partial charge is 0.337 e. The summed E-state index contributed by atoms with van der Waals surface area (Å²) in [7, 11) is 1.35. The highest BCUT2D eigenvalue weighted by Crippen LogP contribution is 2.16. The number of rotatable bonds is 4. The summed E-state index contributed by atoms with van der Waals surface area (Å²) in [6.07, 6.45) is 0.580. The third-order valence-electron chi connectivity index (χ3n) is 2.73. The largest absolute Gasteiger partial charge is 0.465 e. The molecule has 1 atom stereocenters. The van der Waals surface area contributed by atoms with E-state index in [9.17, 15) is 9.59 Å². The molecule has 0 aliphatic rings. The van der Waals surface area contributed by atoms with Crippen molar-refractivity contribution < 1.29 is 19.1 Å². The van der Waals surface area contributed by atoms with Crippen molar-refractivity contribution in [1.29, 1.82) is 0 Å². The zero-order chi connectivity index (χ0) is 15.3. The van der Waals surface area contributed by atoms with Crippen molar-refractivity contribution in [3.63, 3.8) is 0 Å². The third kappa shape index (κ3) is 5.03. The van der Waals surface area contributed by atoms with Gasteiger partial charge in [-0.15, -0.1) is 0 Å². The van der Waals surface area contributed by atoms with Gasteiger partial charge in [0.25, 0.3) is 0 Å².